The zero-order valence-corrected chi connectivity index (χ0v) is 16.5. The fourth-order valence-corrected chi connectivity index (χ4v) is 4.56. The van der Waals surface area contributed by atoms with E-state index in [0.29, 0.717) is 36.8 Å². The number of rotatable bonds is 5. The maximum atomic E-state index is 12.8. The quantitative estimate of drug-likeness (QED) is 0.512. The summed E-state index contributed by atoms with van der Waals surface area (Å²) in [6, 6.07) is 17.7. The van der Waals surface area contributed by atoms with Gasteiger partial charge in [0.1, 0.15) is 13.2 Å². The van der Waals surface area contributed by atoms with Crippen LogP contribution in [0.1, 0.15) is 26.7 Å². The Labute approximate surface area is 172 Å². The summed E-state index contributed by atoms with van der Waals surface area (Å²) >= 11 is 1.70. The first kappa shape index (κ1) is 17.8. The van der Waals surface area contributed by atoms with Gasteiger partial charge in [-0.3, -0.25) is 4.79 Å². The van der Waals surface area contributed by atoms with Gasteiger partial charge in [-0.25, -0.2) is 0 Å². The smallest absolute Gasteiger partial charge is 0.251 e. The number of carbonyl (C=O) groups excluding carboxylic acids is 1. The van der Waals surface area contributed by atoms with E-state index in [1.54, 1.807) is 29.5 Å². The van der Waals surface area contributed by atoms with Gasteiger partial charge in [0.05, 0.1) is 0 Å². The van der Waals surface area contributed by atoms with E-state index in [9.17, 15) is 4.79 Å². The summed E-state index contributed by atoms with van der Waals surface area (Å²) in [5, 5.41) is 6.35. The largest absolute Gasteiger partial charge is 0.486 e. The Bertz CT molecular complexity index is 1150. The summed E-state index contributed by atoms with van der Waals surface area (Å²) in [5.41, 5.74) is 2.85. The van der Waals surface area contributed by atoms with Crippen molar-refractivity contribution in [1.29, 1.82) is 0 Å². The van der Waals surface area contributed by atoms with Crippen molar-refractivity contribution in [2.24, 2.45) is 0 Å². The molecule has 1 aliphatic rings. The molecule has 5 rings (SSSR count). The fourth-order valence-electron chi connectivity index (χ4n) is 3.72. The van der Waals surface area contributed by atoms with E-state index in [1.807, 2.05) is 24.4 Å². The number of ether oxygens (including phenoxy) is 2. The summed E-state index contributed by atoms with van der Waals surface area (Å²) in [6.45, 7) is 1.54. The van der Waals surface area contributed by atoms with Gasteiger partial charge >= 0.3 is 0 Å². The van der Waals surface area contributed by atoms with Gasteiger partial charge in [-0.1, -0.05) is 24.3 Å². The minimum Gasteiger partial charge on any atom is -0.486 e. The highest BCUT2D eigenvalue weighted by Gasteiger charge is 2.21. The number of carbonyl (C=O) groups is 1. The monoisotopic (exact) mass is 404 g/mol. The average molecular weight is 404 g/mol. The standard InChI is InChI=1S/C23H20N2O3S/c26-23(15-7-8-20-21(12-15)28-10-9-27-20)25-14-18(22-6-3-11-29-22)17-13-24-19-5-2-1-4-16(17)19/h1-8,11-13,18,24H,9-10,14H2,(H,25,26)/t18-/m0/s1. The molecule has 6 heteroatoms. The van der Waals surface area contributed by atoms with Crippen molar-refractivity contribution in [3.63, 3.8) is 0 Å². The van der Waals surface area contributed by atoms with Crippen molar-refractivity contribution in [2.45, 2.75) is 5.92 Å². The van der Waals surface area contributed by atoms with Crippen molar-refractivity contribution in [3.8, 4) is 11.5 Å². The van der Waals surface area contributed by atoms with E-state index < -0.39 is 0 Å². The number of aromatic amines is 1. The number of hydrogen-bond acceptors (Lipinski definition) is 4. The lowest BCUT2D eigenvalue weighted by atomic mass is 9.96. The van der Waals surface area contributed by atoms with Crippen LogP contribution in [0.3, 0.4) is 0 Å². The molecule has 3 heterocycles. The van der Waals surface area contributed by atoms with Crippen LogP contribution < -0.4 is 14.8 Å². The van der Waals surface area contributed by atoms with E-state index >= 15 is 0 Å². The lowest BCUT2D eigenvalue weighted by Crippen LogP contribution is -2.28. The van der Waals surface area contributed by atoms with E-state index in [-0.39, 0.29) is 11.8 Å². The Balaban J connectivity index is 1.39. The number of nitrogens with one attached hydrogen (secondary N) is 2. The van der Waals surface area contributed by atoms with Gasteiger partial charge in [-0.15, -0.1) is 11.3 Å². The molecule has 0 aliphatic carbocycles. The molecule has 146 valence electrons. The molecule has 2 aromatic carbocycles. The lowest BCUT2D eigenvalue weighted by molar-refractivity contribution is 0.0951. The topological polar surface area (TPSA) is 63.4 Å². The Morgan fingerprint density at radius 3 is 2.79 bits per heavy atom. The highest BCUT2D eigenvalue weighted by atomic mass is 32.1. The number of aromatic nitrogens is 1. The van der Waals surface area contributed by atoms with Crippen molar-refractivity contribution < 1.29 is 14.3 Å². The van der Waals surface area contributed by atoms with Crippen molar-refractivity contribution in [1.82, 2.24) is 10.3 Å². The van der Waals surface area contributed by atoms with Gasteiger partial charge in [0.2, 0.25) is 0 Å². The number of hydrogen-bond donors (Lipinski definition) is 2. The molecule has 0 unspecified atom stereocenters. The predicted octanol–water partition coefficient (Wildman–Crippen LogP) is 4.56. The number of fused-ring (bicyclic) bond motifs is 2. The average Bonchev–Trinajstić information content (AvgIpc) is 3.44. The number of benzene rings is 2. The molecule has 0 fully saturated rings. The first-order valence-electron chi connectivity index (χ1n) is 9.57. The Kier molecular flexibility index (Phi) is 4.69. The zero-order chi connectivity index (χ0) is 19.6. The molecule has 0 radical (unpaired) electrons. The molecular formula is C23H20N2O3S. The van der Waals surface area contributed by atoms with Crippen LogP contribution in [0.4, 0.5) is 0 Å². The molecule has 1 aliphatic heterocycles. The molecule has 0 bridgehead atoms. The zero-order valence-electron chi connectivity index (χ0n) is 15.7. The van der Waals surface area contributed by atoms with Crippen LogP contribution in [0.5, 0.6) is 11.5 Å². The molecule has 5 nitrogen and oxygen atoms in total. The van der Waals surface area contributed by atoms with Crippen LogP contribution in [0.25, 0.3) is 10.9 Å². The molecule has 0 spiro atoms. The summed E-state index contributed by atoms with van der Waals surface area (Å²) in [5.74, 6) is 1.26. The van der Waals surface area contributed by atoms with E-state index in [2.05, 4.69) is 33.9 Å². The van der Waals surface area contributed by atoms with E-state index in [4.69, 9.17) is 9.47 Å². The van der Waals surface area contributed by atoms with Gasteiger partial charge in [-0.2, -0.15) is 0 Å². The van der Waals surface area contributed by atoms with Gasteiger partial charge < -0.3 is 19.8 Å². The second-order valence-electron chi connectivity index (χ2n) is 6.93. The third-order valence-electron chi connectivity index (χ3n) is 5.15. The maximum absolute atomic E-state index is 12.8. The summed E-state index contributed by atoms with van der Waals surface area (Å²) in [4.78, 5) is 17.4. The molecule has 2 aromatic heterocycles. The van der Waals surface area contributed by atoms with Gasteiger partial charge in [0, 0.05) is 40.0 Å². The molecule has 0 saturated carbocycles. The molecule has 2 N–H and O–H groups in total. The Hall–Kier alpha value is -3.25. The molecule has 1 atom stereocenters. The lowest BCUT2D eigenvalue weighted by Gasteiger charge is -2.19. The normalized spacial score (nSPS) is 13.9. The van der Waals surface area contributed by atoms with Crippen molar-refractivity contribution >= 4 is 28.1 Å². The molecule has 0 saturated heterocycles. The number of H-pyrrole nitrogens is 1. The predicted molar refractivity (Wildman–Crippen MR) is 114 cm³/mol. The molecule has 1 amide bonds. The molecule has 4 aromatic rings. The first-order chi connectivity index (χ1) is 14.3. The highest BCUT2D eigenvalue weighted by molar-refractivity contribution is 7.10. The summed E-state index contributed by atoms with van der Waals surface area (Å²) in [6.07, 6.45) is 2.05. The second kappa shape index (κ2) is 7.64. The van der Waals surface area contributed by atoms with Crippen LogP contribution in [0, 0.1) is 0 Å². The first-order valence-corrected chi connectivity index (χ1v) is 10.4. The Morgan fingerprint density at radius 2 is 1.93 bits per heavy atom. The van der Waals surface area contributed by atoms with Gasteiger partial charge in [0.25, 0.3) is 5.91 Å². The Morgan fingerprint density at radius 1 is 1.07 bits per heavy atom. The number of amides is 1. The van der Waals surface area contributed by atoms with Crippen molar-refractivity contribution in [2.75, 3.05) is 19.8 Å². The van der Waals surface area contributed by atoms with Gasteiger partial charge in [-0.05, 0) is 41.3 Å². The van der Waals surface area contributed by atoms with Crippen LogP contribution in [0.15, 0.2) is 66.2 Å². The SMILES string of the molecule is O=C(NC[C@H](c1cccs1)c1c[nH]c2ccccc12)c1ccc2c(c1)OCCO2. The minimum atomic E-state index is -0.122. The molecular weight excluding hydrogens is 384 g/mol. The van der Waals surface area contributed by atoms with E-state index in [0.717, 1.165) is 5.52 Å². The number of thiophene rings is 1. The highest BCUT2D eigenvalue weighted by Crippen LogP contribution is 2.33. The van der Waals surface area contributed by atoms with Crippen LogP contribution in [-0.4, -0.2) is 30.6 Å². The molecule has 29 heavy (non-hydrogen) atoms. The third-order valence-corrected chi connectivity index (χ3v) is 6.14. The van der Waals surface area contributed by atoms with Crippen LogP contribution >= 0.6 is 11.3 Å². The van der Waals surface area contributed by atoms with Crippen LogP contribution in [-0.2, 0) is 0 Å². The number of para-hydroxylation sites is 1. The third kappa shape index (κ3) is 3.47. The fraction of sp³-hybridized carbons (Fsp3) is 0.174. The maximum Gasteiger partial charge on any atom is 0.251 e. The minimum absolute atomic E-state index is 0.0762. The second-order valence-corrected chi connectivity index (χ2v) is 7.91. The van der Waals surface area contributed by atoms with Crippen LogP contribution in [0.2, 0.25) is 0 Å². The summed E-state index contributed by atoms with van der Waals surface area (Å²) in [7, 11) is 0. The van der Waals surface area contributed by atoms with Gasteiger partial charge in [0.15, 0.2) is 11.5 Å². The van der Waals surface area contributed by atoms with E-state index in [1.165, 1.54) is 15.8 Å². The van der Waals surface area contributed by atoms with Crippen molar-refractivity contribution in [3.05, 3.63) is 82.2 Å². The summed E-state index contributed by atoms with van der Waals surface area (Å²) < 4.78 is 11.1.